The minimum absolute atomic E-state index is 0.0269. The zero-order chi connectivity index (χ0) is 21.6. The van der Waals surface area contributed by atoms with E-state index >= 15 is 0 Å². The van der Waals surface area contributed by atoms with Crippen molar-refractivity contribution >= 4 is 39.1 Å². The Labute approximate surface area is 193 Å². The SMILES string of the molecule is O=C(CCc1cscc1Br)NC(CNC(=O)c1cccc(Cn2cncn2)c1)C1CC1. The maximum Gasteiger partial charge on any atom is 0.251 e. The van der Waals surface area contributed by atoms with Gasteiger partial charge >= 0.3 is 0 Å². The summed E-state index contributed by atoms with van der Waals surface area (Å²) in [5.74, 6) is 0.331. The van der Waals surface area contributed by atoms with Crippen molar-refractivity contribution in [1.29, 1.82) is 0 Å². The predicted octanol–water partition coefficient (Wildman–Crippen LogP) is 3.41. The summed E-state index contributed by atoms with van der Waals surface area (Å²) in [4.78, 5) is 29.1. The zero-order valence-electron chi connectivity index (χ0n) is 17.0. The van der Waals surface area contributed by atoms with E-state index in [-0.39, 0.29) is 17.9 Å². The number of amides is 2. The highest BCUT2D eigenvalue weighted by molar-refractivity contribution is 9.10. The summed E-state index contributed by atoms with van der Waals surface area (Å²) in [6.45, 7) is 0.993. The number of hydrogen-bond donors (Lipinski definition) is 2. The smallest absolute Gasteiger partial charge is 0.251 e. The highest BCUT2D eigenvalue weighted by Crippen LogP contribution is 2.32. The summed E-state index contributed by atoms with van der Waals surface area (Å²) >= 11 is 5.13. The average Bonchev–Trinajstić information content (AvgIpc) is 3.34. The fourth-order valence-corrected chi connectivity index (χ4v) is 5.00. The van der Waals surface area contributed by atoms with Gasteiger partial charge in [-0.1, -0.05) is 12.1 Å². The lowest BCUT2D eigenvalue weighted by atomic mass is 10.1. The van der Waals surface area contributed by atoms with Crippen LogP contribution in [0.25, 0.3) is 0 Å². The number of hydrogen-bond acceptors (Lipinski definition) is 5. The van der Waals surface area contributed by atoms with E-state index in [4.69, 9.17) is 0 Å². The number of halogens is 1. The minimum Gasteiger partial charge on any atom is -0.351 e. The Morgan fingerprint density at radius 3 is 2.87 bits per heavy atom. The van der Waals surface area contributed by atoms with Crippen LogP contribution in [0.2, 0.25) is 0 Å². The first-order chi connectivity index (χ1) is 15.1. The van der Waals surface area contributed by atoms with Crippen molar-refractivity contribution < 1.29 is 9.59 Å². The molecule has 2 heterocycles. The molecule has 2 amide bonds. The van der Waals surface area contributed by atoms with E-state index in [1.165, 1.54) is 6.33 Å². The molecule has 1 aliphatic rings. The molecule has 3 aromatic rings. The Kier molecular flexibility index (Phi) is 7.14. The van der Waals surface area contributed by atoms with Gasteiger partial charge in [0.1, 0.15) is 12.7 Å². The molecule has 1 aromatic carbocycles. The largest absolute Gasteiger partial charge is 0.351 e. The number of benzene rings is 1. The Morgan fingerprint density at radius 1 is 1.29 bits per heavy atom. The van der Waals surface area contributed by atoms with Crippen LogP contribution in [-0.2, 0) is 17.8 Å². The monoisotopic (exact) mass is 501 g/mol. The first-order valence-corrected chi connectivity index (χ1v) is 12.0. The van der Waals surface area contributed by atoms with Gasteiger partial charge < -0.3 is 10.6 Å². The van der Waals surface area contributed by atoms with E-state index in [1.807, 2.05) is 23.6 Å². The van der Waals surface area contributed by atoms with Crippen molar-refractivity contribution in [3.05, 3.63) is 68.8 Å². The Balaban J connectivity index is 1.28. The van der Waals surface area contributed by atoms with Crippen molar-refractivity contribution in [2.75, 3.05) is 6.54 Å². The summed E-state index contributed by atoms with van der Waals surface area (Å²) in [6.07, 6.45) is 6.46. The molecule has 31 heavy (non-hydrogen) atoms. The molecule has 0 spiro atoms. The molecule has 0 bridgehead atoms. The first kappa shape index (κ1) is 21.7. The third kappa shape index (κ3) is 6.24. The van der Waals surface area contributed by atoms with E-state index in [0.717, 1.165) is 28.4 Å². The van der Waals surface area contributed by atoms with E-state index in [1.54, 1.807) is 28.4 Å². The number of thiophene rings is 1. The lowest BCUT2D eigenvalue weighted by Gasteiger charge is -2.19. The standard InChI is InChI=1S/C22H24BrN5O2S/c23-19-12-31-11-18(19)6-7-21(29)27-20(16-4-5-16)9-25-22(30)17-3-1-2-15(8-17)10-28-14-24-13-26-28/h1-3,8,11-14,16,20H,4-7,9-10H2,(H,25,30)(H,27,29). The summed E-state index contributed by atoms with van der Waals surface area (Å²) in [5.41, 5.74) is 2.73. The normalized spacial score (nSPS) is 14.2. The molecule has 2 aromatic heterocycles. The second-order valence-electron chi connectivity index (χ2n) is 7.76. The molecule has 1 unspecified atom stereocenters. The molecule has 0 saturated heterocycles. The van der Waals surface area contributed by atoms with Gasteiger partial charge in [0.2, 0.25) is 5.91 Å². The van der Waals surface area contributed by atoms with Gasteiger partial charge in [-0.05, 0) is 69.8 Å². The van der Waals surface area contributed by atoms with Crippen molar-refractivity contribution in [2.24, 2.45) is 5.92 Å². The molecule has 1 saturated carbocycles. The van der Waals surface area contributed by atoms with Crippen LogP contribution in [0, 0.1) is 5.92 Å². The summed E-state index contributed by atoms with van der Waals surface area (Å²) in [5, 5.41) is 14.3. The summed E-state index contributed by atoms with van der Waals surface area (Å²) in [6, 6.07) is 7.45. The van der Waals surface area contributed by atoms with Crippen molar-refractivity contribution in [2.45, 2.75) is 38.3 Å². The molecule has 162 valence electrons. The summed E-state index contributed by atoms with van der Waals surface area (Å²) in [7, 11) is 0. The van der Waals surface area contributed by atoms with Crippen LogP contribution in [0.3, 0.4) is 0 Å². The van der Waals surface area contributed by atoms with Gasteiger partial charge in [0.15, 0.2) is 0 Å². The first-order valence-electron chi connectivity index (χ1n) is 10.3. The third-order valence-corrected chi connectivity index (χ3v) is 7.16. The molecule has 9 heteroatoms. The van der Waals surface area contributed by atoms with Gasteiger partial charge in [0, 0.05) is 34.4 Å². The molecular formula is C22H24BrN5O2S. The van der Waals surface area contributed by atoms with Crippen molar-refractivity contribution in [3.8, 4) is 0 Å². The molecule has 2 N–H and O–H groups in total. The van der Waals surface area contributed by atoms with Gasteiger partial charge in [0.05, 0.1) is 6.54 Å². The number of carbonyl (C=O) groups excluding carboxylic acids is 2. The number of nitrogens with zero attached hydrogens (tertiary/aromatic N) is 3. The Morgan fingerprint density at radius 2 is 2.16 bits per heavy atom. The lowest BCUT2D eigenvalue weighted by Crippen LogP contribution is -2.45. The Bertz CT molecular complexity index is 1030. The quantitative estimate of drug-likeness (QED) is 0.445. The highest BCUT2D eigenvalue weighted by Gasteiger charge is 2.32. The fraction of sp³-hybridized carbons (Fsp3) is 0.364. The van der Waals surface area contributed by atoms with Crippen molar-refractivity contribution in [3.63, 3.8) is 0 Å². The van der Waals surface area contributed by atoms with Crippen LogP contribution >= 0.6 is 27.3 Å². The van der Waals surface area contributed by atoms with Gasteiger partial charge in [0.25, 0.3) is 5.91 Å². The van der Waals surface area contributed by atoms with Crippen LogP contribution < -0.4 is 10.6 Å². The molecule has 1 aliphatic carbocycles. The maximum atomic E-state index is 12.7. The Hall–Kier alpha value is -2.52. The van der Waals surface area contributed by atoms with E-state index in [0.29, 0.717) is 37.4 Å². The molecule has 0 aliphatic heterocycles. The van der Waals surface area contributed by atoms with Crippen LogP contribution in [0.5, 0.6) is 0 Å². The average molecular weight is 502 g/mol. The molecule has 1 fully saturated rings. The molecular weight excluding hydrogens is 478 g/mol. The summed E-state index contributed by atoms with van der Waals surface area (Å²) < 4.78 is 2.77. The number of carbonyl (C=O) groups is 2. The van der Waals surface area contributed by atoms with E-state index in [2.05, 4.69) is 42.0 Å². The highest BCUT2D eigenvalue weighted by atomic mass is 79.9. The van der Waals surface area contributed by atoms with Crippen LogP contribution in [-0.4, -0.2) is 39.2 Å². The lowest BCUT2D eigenvalue weighted by molar-refractivity contribution is -0.121. The van der Waals surface area contributed by atoms with Gasteiger partial charge in [-0.2, -0.15) is 16.4 Å². The molecule has 0 radical (unpaired) electrons. The van der Waals surface area contributed by atoms with Crippen LogP contribution in [0.1, 0.15) is 40.7 Å². The van der Waals surface area contributed by atoms with E-state index in [9.17, 15) is 9.59 Å². The van der Waals surface area contributed by atoms with Gasteiger partial charge in [-0.3, -0.25) is 9.59 Å². The van der Waals surface area contributed by atoms with Crippen LogP contribution in [0.4, 0.5) is 0 Å². The van der Waals surface area contributed by atoms with E-state index < -0.39 is 0 Å². The third-order valence-electron chi connectivity index (χ3n) is 5.33. The molecule has 4 rings (SSSR count). The minimum atomic E-state index is -0.137. The number of nitrogens with one attached hydrogen (secondary N) is 2. The van der Waals surface area contributed by atoms with Crippen molar-refractivity contribution in [1.82, 2.24) is 25.4 Å². The number of aromatic nitrogens is 3. The molecule has 1 atom stereocenters. The predicted molar refractivity (Wildman–Crippen MR) is 123 cm³/mol. The topological polar surface area (TPSA) is 88.9 Å². The molecule has 7 nitrogen and oxygen atoms in total. The maximum absolute atomic E-state index is 12.7. The second-order valence-corrected chi connectivity index (χ2v) is 9.36. The van der Waals surface area contributed by atoms with Gasteiger partial charge in [-0.25, -0.2) is 9.67 Å². The zero-order valence-corrected chi connectivity index (χ0v) is 19.4. The fourth-order valence-electron chi connectivity index (χ4n) is 3.46. The number of rotatable bonds is 10. The van der Waals surface area contributed by atoms with Crippen LogP contribution in [0.15, 0.2) is 52.2 Å². The van der Waals surface area contributed by atoms with Gasteiger partial charge in [-0.15, -0.1) is 0 Å². The number of aryl methyl sites for hydroxylation is 1. The second kappa shape index (κ2) is 10.2.